The van der Waals surface area contributed by atoms with Crippen molar-refractivity contribution in [1.29, 1.82) is 0 Å². The van der Waals surface area contributed by atoms with Crippen molar-refractivity contribution in [2.45, 2.75) is 37.6 Å². The molecule has 0 fully saturated rings. The van der Waals surface area contributed by atoms with Crippen LogP contribution in [0.15, 0.2) is 29.2 Å². The number of sulfonamides is 1. The minimum atomic E-state index is -3.44. The maximum absolute atomic E-state index is 12.2. The first-order chi connectivity index (χ1) is 7.76. The minimum absolute atomic E-state index is 0.370. The van der Waals surface area contributed by atoms with Gasteiger partial charge < -0.3 is 0 Å². The fraction of sp³-hybridized carbons (Fsp3) is 0.500. The Morgan fingerprint density at radius 1 is 1.24 bits per heavy atom. The first kappa shape index (κ1) is 14.7. The van der Waals surface area contributed by atoms with Crippen molar-refractivity contribution in [3.63, 3.8) is 0 Å². The summed E-state index contributed by atoms with van der Waals surface area (Å²) >= 11 is 3.33. The molecule has 0 aromatic heterocycles. The van der Waals surface area contributed by atoms with Gasteiger partial charge in [-0.1, -0.05) is 34.1 Å². The van der Waals surface area contributed by atoms with Gasteiger partial charge in [-0.05, 0) is 38.8 Å². The van der Waals surface area contributed by atoms with Crippen LogP contribution in [-0.4, -0.2) is 19.3 Å². The van der Waals surface area contributed by atoms with Crippen LogP contribution < -0.4 is 4.72 Å². The summed E-state index contributed by atoms with van der Waals surface area (Å²) in [5.74, 6) is 0. The first-order valence-corrected chi connectivity index (χ1v) is 8.04. The molecule has 0 saturated heterocycles. The second-order valence-electron chi connectivity index (χ2n) is 4.90. The summed E-state index contributed by atoms with van der Waals surface area (Å²) in [6, 6.07) is 7.09. The fourth-order valence-electron chi connectivity index (χ4n) is 1.53. The van der Waals surface area contributed by atoms with E-state index in [1.165, 1.54) is 0 Å². The lowest BCUT2D eigenvalue weighted by atomic mass is 10.1. The number of nitrogens with one attached hydrogen (secondary N) is 1. The molecule has 0 atom stereocenters. The Labute approximate surface area is 112 Å². The second-order valence-corrected chi connectivity index (χ2v) is 7.35. The highest BCUT2D eigenvalue weighted by Crippen LogP contribution is 2.18. The standard InChI is InChI=1S/C12H18BrNO2S/c1-12(2,3)14-17(15,16)11-7-5-4-6-10(11)8-9-13/h4-7,14H,8-9H2,1-3H3. The number of rotatable bonds is 4. The number of aryl methyl sites for hydroxylation is 1. The molecule has 0 aliphatic heterocycles. The lowest BCUT2D eigenvalue weighted by Gasteiger charge is -2.21. The van der Waals surface area contributed by atoms with E-state index in [9.17, 15) is 8.42 Å². The highest BCUT2D eigenvalue weighted by atomic mass is 79.9. The monoisotopic (exact) mass is 319 g/mol. The van der Waals surface area contributed by atoms with E-state index in [0.717, 1.165) is 10.9 Å². The van der Waals surface area contributed by atoms with Crippen LogP contribution in [-0.2, 0) is 16.4 Å². The molecule has 1 aromatic rings. The van der Waals surface area contributed by atoms with Crippen molar-refractivity contribution < 1.29 is 8.42 Å². The van der Waals surface area contributed by atoms with E-state index in [1.807, 2.05) is 32.9 Å². The number of halogens is 1. The summed E-state index contributed by atoms with van der Waals surface area (Å²) in [6.45, 7) is 5.49. The molecular formula is C12H18BrNO2S. The molecule has 0 aliphatic carbocycles. The van der Waals surface area contributed by atoms with Crippen LogP contribution >= 0.6 is 15.9 Å². The van der Waals surface area contributed by atoms with Crippen LogP contribution in [0.5, 0.6) is 0 Å². The highest BCUT2D eigenvalue weighted by molar-refractivity contribution is 9.09. The summed E-state index contributed by atoms with van der Waals surface area (Å²) < 4.78 is 27.1. The molecule has 1 N–H and O–H groups in total. The lowest BCUT2D eigenvalue weighted by molar-refractivity contribution is 0.491. The topological polar surface area (TPSA) is 46.2 Å². The summed E-state index contributed by atoms with van der Waals surface area (Å²) in [7, 11) is -3.44. The predicted octanol–water partition coefficient (Wildman–Crippen LogP) is 2.70. The van der Waals surface area contributed by atoms with Gasteiger partial charge in [-0.15, -0.1) is 0 Å². The molecule has 5 heteroatoms. The Morgan fingerprint density at radius 2 is 1.82 bits per heavy atom. The Kier molecular flexibility index (Phi) is 4.75. The molecule has 0 bridgehead atoms. The third-order valence-corrected chi connectivity index (χ3v) is 4.32. The van der Waals surface area contributed by atoms with Gasteiger partial charge in [0, 0.05) is 10.9 Å². The molecule has 1 aromatic carbocycles. The van der Waals surface area contributed by atoms with Crippen molar-refractivity contribution in [1.82, 2.24) is 4.72 Å². The molecule has 1 rings (SSSR count). The van der Waals surface area contributed by atoms with Crippen LogP contribution in [0.1, 0.15) is 26.3 Å². The van der Waals surface area contributed by atoms with Crippen molar-refractivity contribution in [3.05, 3.63) is 29.8 Å². The second kappa shape index (κ2) is 5.50. The van der Waals surface area contributed by atoms with Gasteiger partial charge in [-0.2, -0.15) is 0 Å². The fourth-order valence-corrected chi connectivity index (χ4v) is 3.65. The summed E-state index contributed by atoms with van der Waals surface area (Å²) in [5, 5.41) is 0.745. The molecule has 96 valence electrons. The number of hydrogen-bond donors (Lipinski definition) is 1. The third-order valence-electron chi connectivity index (χ3n) is 2.07. The smallest absolute Gasteiger partial charge is 0.207 e. The highest BCUT2D eigenvalue weighted by Gasteiger charge is 2.23. The zero-order chi connectivity index (χ0) is 13.1. The van der Waals surface area contributed by atoms with Gasteiger partial charge >= 0.3 is 0 Å². The van der Waals surface area contributed by atoms with Crippen LogP contribution in [0.4, 0.5) is 0 Å². The van der Waals surface area contributed by atoms with E-state index in [4.69, 9.17) is 0 Å². The SMILES string of the molecule is CC(C)(C)NS(=O)(=O)c1ccccc1CCBr. The maximum Gasteiger partial charge on any atom is 0.241 e. The zero-order valence-corrected chi connectivity index (χ0v) is 12.7. The first-order valence-electron chi connectivity index (χ1n) is 5.44. The van der Waals surface area contributed by atoms with Crippen LogP contribution in [0.3, 0.4) is 0 Å². The molecule has 0 radical (unpaired) electrons. The lowest BCUT2D eigenvalue weighted by Crippen LogP contribution is -2.40. The summed E-state index contributed by atoms with van der Waals surface area (Å²) in [6.07, 6.45) is 0.696. The minimum Gasteiger partial charge on any atom is -0.207 e. The quantitative estimate of drug-likeness (QED) is 0.867. The van der Waals surface area contributed by atoms with Gasteiger partial charge in [0.15, 0.2) is 0 Å². The van der Waals surface area contributed by atoms with Crippen molar-refractivity contribution in [3.8, 4) is 0 Å². The van der Waals surface area contributed by atoms with E-state index in [1.54, 1.807) is 12.1 Å². The molecule has 0 spiro atoms. The Balaban J connectivity index is 3.15. The largest absolute Gasteiger partial charge is 0.241 e. The van der Waals surface area contributed by atoms with Gasteiger partial charge in [-0.3, -0.25) is 0 Å². The normalized spacial score (nSPS) is 12.7. The van der Waals surface area contributed by atoms with Gasteiger partial charge in [0.05, 0.1) is 4.90 Å². The van der Waals surface area contributed by atoms with Gasteiger partial charge in [-0.25, -0.2) is 13.1 Å². The summed E-state index contributed by atoms with van der Waals surface area (Å²) in [5.41, 5.74) is 0.362. The van der Waals surface area contributed by atoms with Gasteiger partial charge in [0.2, 0.25) is 10.0 Å². The average Bonchev–Trinajstić information content (AvgIpc) is 2.15. The van der Waals surface area contributed by atoms with Crippen LogP contribution in [0, 0.1) is 0 Å². The molecule has 0 unspecified atom stereocenters. The average molecular weight is 320 g/mol. The molecule has 0 amide bonds. The molecule has 0 heterocycles. The number of alkyl halides is 1. The number of hydrogen-bond acceptors (Lipinski definition) is 2. The van der Waals surface area contributed by atoms with Crippen LogP contribution in [0.2, 0.25) is 0 Å². The molecule has 17 heavy (non-hydrogen) atoms. The van der Waals surface area contributed by atoms with Gasteiger partial charge in [0.25, 0.3) is 0 Å². The third kappa shape index (κ3) is 4.41. The molecule has 0 saturated carbocycles. The van der Waals surface area contributed by atoms with E-state index in [0.29, 0.717) is 11.3 Å². The van der Waals surface area contributed by atoms with E-state index < -0.39 is 15.6 Å². The Hall–Kier alpha value is -0.390. The zero-order valence-electron chi connectivity index (χ0n) is 10.3. The summed E-state index contributed by atoms with van der Waals surface area (Å²) in [4.78, 5) is 0.370. The van der Waals surface area contributed by atoms with Crippen molar-refractivity contribution >= 4 is 26.0 Å². The molecule has 0 aliphatic rings. The Bertz CT molecular complexity index is 478. The van der Waals surface area contributed by atoms with Gasteiger partial charge in [0.1, 0.15) is 0 Å². The van der Waals surface area contributed by atoms with E-state index in [-0.39, 0.29) is 0 Å². The maximum atomic E-state index is 12.2. The van der Waals surface area contributed by atoms with Crippen molar-refractivity contribution in [2.75, 3.05) is 5.33 Å². The predicted molar refractivity (Wildman–Crippen MR) is 74.0 cm³/mol. The van der Waals surface area contributed by atoms with Crippen LogP contribution in [0.25, 0.3) is 0 Å². The Morgan fingerprint density at radius 3 is 2.35 bits per heavy atom. The van der Waals surface area contributed by atoms with Crippen molar-refractivity contribution in [2.24, 2.45) is 0 Å². The van der Waals surface area contributed by atoms with E-state index in [2.05, 4.69) is 20.7 Å². The van der Waals surface area contributed by atoms with E-state index >= 15 is 0 Å². The number of benzene rings is 1. The molecular weight excluding hydrogens is 302 g/mol. The molecule has 3 nitrogen and oxygen atoms in total.